The van der Waals surface area contributed by atoms with Crippen LogP contribution in [-0.2, 0) is 16.0 Å². The summed E-state index contributed by atoms with van der Waals surface area (Å²) < 4.78 is 0. The van der Waals surface area contributed by atoms with E-state index in [4.69, 9.17) is 5.26 Å². The molecule has 0 saturated carbocycles. The van der Waals surface area contributed by atoms with E-state index in [1.807, 2.05) is 6.07 Å². The van der Waals surface area contributed by atoms with E-state index >= 15 is 0 Å². The lowest BCUT2D eigenvalue weighted by atomic mass is 9.99. The number of hydrogen-bond donors (Lipinski definition) is 4. The van der Waals surface area contributed by atoms with Crippen LogP contribution in [0.1, 0.15) is 33.1 Å². The molecule has 8 nitrogen and oxygen atoms in total. The summed E-state index contributed by atoms with van der Waals surface area (Å²) in [4.78, 5) is 37.3. The molecule has 0 aromatic heterocycles. The van der Waals surface area contributed by atoms with Crippen molar-refractivity contribution in [3.63, 3.8) is 0 Å². The van der Waals surface area contributed by atoms with Gasteiger partial charge in [0, 0.05) is 12.0 Å². The topological polar surface area (TPSA) is 140 Å². The average Bonchev–Trinajstić information content (AvgIpc) is 2.87. The summed E-state index contributed by atoms with van der Waals surface area (Å²) in [6.07, 6.45) is -1.80. The van der Waals surface area contributed by atoms with Gasteiger partial charge in [-0.2, -0.15) is 5.26 Å². The van der Waals surface area contributed by atoms with Gasteiger partial charge in [0.1, 0.15) is 6.04 Å². The molecule has 0 bridgehead atoms. The van der Waals surface area contributed by atoms with Crippen molar-refractivity contribution < 1.29 is 24.6 Å². The third kappa shape index (κ3) is 6.28. The van der Waals surface area contributed by atoms with Crippen LogP contribution in [0.3, 0.4) is 0 Å². The molecule has 3 aromatic rings. The standard InChI is InChI=1S/C26H23N3O5/c27-16-18-13-11-17(12-14-18)15-21(26(33)34)28-25(32)23(30)22(19-7-3-1-4-8-19)29-24(31)20-9-5-2-6-10-20/h1-14,21-23,30H,15H2,(H,28,32)(H,29,31)(H,33,34)/t21-,22-,23+/m0/s1. The Labute approximate surface area is 196 Å². The van der Waals surface area contributed by atoms with Crippen molar-refractivity contribution in [2.45, 2.75) is 24.6 Å². The molecular weight excluding hydrogens is 434 g/mol. The smallest absolute Gasteiger partial charge is 0.326 e. The largest absolute Gasteiger partial charge is 0.480 e. The number of nitrogens with one attached hydrogen (secondary N) is 2. The Morgan fingerprint density at radius 1 is 0.853 bits per heavy atom. The van der Waals surface area contributed by atoms with E-state index in [0.717, 1.165) is 0 Å². The highest BCUT2D eigenvalue weighted by Gasteiger charge is 2.32. The van der Waals surface area contributed by atoms with Crippen LogP contribution in [-0.4, -0.2) is 40.1 Å². The number of amides is 2. The van der Waals surface area contributed by atoms with Gasteiger partial charge in [-0.05, 0) is 35.4 Å². The van der Waals surface area contributed by atoms with E-state index in [0.29, 0.717) is 22.3 Å². The van der Waals surface area contributed by atoms with Crippen LogP contribution in [0.4, 0.5) is 0 Å². The normalized spacial score (nSPS) is 13.1. The van der Waals surface area contributed by atoms with Gasteiger partial charge in [0.15, 0.2) is 6.10 Å². The van der Waals surface area contributed by atoms with Crippen molar-refractivity contribution in [2.24, 2.45) is 0 Å². The summed E-state index contributed by atoms with van der Waals surface area (Å²) in [5, 5.41) is 34.4. The number of aliphatic carboxylic acids is 1. The average molecular weight is 457 g/mol. The summed E-state index contributed by atoms with van der Waals surface area (Å²) >= 11 is 0. The van der Waals surface area contributed by atoms with Crippen LogP contribution in [0.25, 0.3) is 0 Å². The molecule has 0 aliphatic heterocycles. The molecule has 0 spiro atoms. The van der Waals surface area contributed by atoms with Gasteiger partial charge in [-0.1, -0.05) is 60.7 Å². The lowest BCUT2D eigenvalue weighted by Gasteiger charge is -2.25. The van der Waals surface area contributed by atoms with Crippen molar-refractivity contribution in [3.05, 3.63) is 107 Å². The highest BCUT2D eigenvalue weighted by Crippen LogP contribution is 2.19. The Bertz CT molecular complexity index is 1170. The van der Waals surface area contributed by atoms with Crippen LogP contribution in [0, 0.1) is 11.3 Å². The molecule has 8 heteroatoms. The van der Waals surface area contributed by atoms with Gasteiger partial charge in [0.25, 0.3) is 11.8 Å². The molecule has 34 heavy (non-hydrogen) atoms. The molecule has 0 heterocycles. The monoisotopic (exact) mass is 457 g/mol. The van der Waals surface area contributed by atoms with Crippen molar-refractivity contribution in [1.29, 1.82) is 5.26 Å². The van der Waals surface area contributed by atoms with Crippen molar-refractivity contribution >= 4 is 17.8 Å². The molecule has 0 aliphatic rings. The van der Waals surface area contributed by atoms with Gasteiger partial charge in [-0.25, -0.2) is 4.79 Å². The Kier molecular flexibility index (Phi) is 8.11. The van der Waals surface area contributed by atoms with Crippen LogP contribution < -0.4 is 10.6 Å². The molecule has 0 radical (unpaired) electrons. The molecule has 0 aliphatic carbocycles. The van der Waals surface area contributed by atoms with E-state index in [1.54, 1.807) is 84.9 Å². The van der Waals surface area contributed by atoms with Gasteiger partial charge in [0.2, 0.25) is 0 Å². The predicted molar refractivity (Wildman–Crippen MR) is 124 cm³/mol. The van der Waals surface area contributed by atoms with E-state index in [2.05, 4.69) is 10.6 Å². The summed E-state index contributed by atoms with van der Waals surface area (Å²) in [5.74, 6) is -2.72. The molecular formula is C26H23N3O5. The van der Waals surface area contributed by atoms with Gasteiger partial charge >= 0.3 is 5.97 Å². The Balaban J connectivity index is 1.77. The number of aliphatic hydroxyl groups is 1. The van der Waals surface area contributed by atoms with Gasteiger partial charge in [0.05, 0.1) is 17.7 Å². The number of carboxylic acids is 1. The minimum Gasteiger partial charge on any atom is -0.480 e. The highest BCUT2D eigenvalue weighted by atomic mass is 16.4. The fourth-order valence-electron chi connectivity index (χ4n) is 3.38. The zero-order valence-corrected chi connectivity index (χ0v) is 18.1. The molecule has 3 atom stereocenters. The first-order valence-corrected chi connectivity index (χ1v) is 10.5. The molecule has 3 aromatic carbocycles. The zero-order valence-electron chi connectivity index (χ0n) is 18.1. The fourth-order valence-corrected chi connectivity index (χ4v) is 3.38. The molecule has 3 rings (SSSR count). The first-order chi connectivity index (χ1) is 16.4. The Morgan fingerprint density at radius 3 is 2.00 bits per heavy atom. The number of nitriles is 1. The fraction of sp³-hybridized carbons (Fsp3) is 0.154. The van der Waals surface area contributed by atoms with Crippen LogP contribution in [0.5, 0.6) is 0 Å². The number of benzene rings is 3. The van der Waals surface area contributed by atoms with Crippen molar-refractivity contribution in [1.82, 2.24) is 10.6 Å². The quantitative estimate of drug-likeness (QED) is 0.388. The van der Waals surface area contributed by atoms with Gasteiger partial charge in [-0.3, -0.25) is 9.59 Å². The van der Waals surface area contributed by atoms with Crippen LogP contribution in [0.2, 0.25) is 0 Å². The number of carboxylic acid groups (broad SMARTS) is 1. The van der Waals surface area contributed by atoms with Crippen LogP contribution in [0.15, 0.2) is 84.9 Å². The molecule has 172 valence electrons. The molecule has 0 saturated heterocycles. The number of carbonyl (C=O) groups excluding carboxylic acids is 2. The second kappa shape index (κ2) is 11.4. The third-order valence-electron chi connectivity index (χ3n) is 5.20. The Morgan fingerprint density at radius 2 is 1.44 bits per heavy atom. The number of nitrogens with zero attached hydrogens (tertiary/aromatic N) is 1. The number of aliphatic hydroxyl groups excluding tert-OH is 1. The maximum absolute atomic E-state index is 12.9. The Hall–Kier alpha value is -4.48. The lowest BCUT2D eigenvalue weighted by molar-refractivity contribution is -0.143. The lowest BCUT2D eigenvalue weighted by Crippen LogP contribution is -2.50. The predicted octanol–water partition coefficient (Wildman–Crippen LogP) is 2.20. The van der Waals surface area contributed by atoms with Crippen LogP contribution >= 0.6 is 0 Å². The van der Waals surface area contributed by atoms with E-state index in [9.17, 15) is 24.6 Å². The van der Waals surface area contributed by atoms with E-state index in [1.165, 1.54) is 0 Å². The maximum atomic E-state index is 12.9. The maximum Gasteiger partial charge on any atom is 0.326 e. The first-order valence-electron chi connectivity index (χ1n) is 10.5. The SMILES string of the molecule is N#Cc1ccc(C[C@H](NC(=O)[C@H](O)[C@@H](NC(=O)c2ccccc2)c2ccccc2)C(=O)O)cc1. The minimum absolute atomic E-state index is 0.0497. The molecule has 2 amide bonds. The van der Waals surface area contributed by atoms with Gasteiger partial charge in [-0.15, -0.1) is 0 Å². The molecule has 0 fully saturated rings. The zero-order chi connectivity index (χ0) is 24.5. The number of carbonyl (C=O) groups is 3. The summed E-state index contributed by atoms with van der Waals surface area (Å²) in [6, 6.07) is 22.6. The highest BCUT2D eigenvalue weighted by molar-refractivity contribution is 5.95. The third-order valence-corrected chi connectivity index (χ3v) is 5.20. The summed E-state index contributed by atoms with van der Waals surface area (Å²) in [7, 11) is 0. The van der Waals surface area contributed by atoms with E-state index in [-0.39, 0.29) is 6.42 Å². The van der Waals surface area contributed by atoms with Gasteiger partial charge < -0.3 is 20.8 Å². The second-order valence-electron chi connectivity index (χ2n) is 7.58. The van der Waals surface area contributed by atoms with E-state index < -0.39 is 36.0 Å². The number of rotatable bonds is 9. The van der Waals surface area contributed by atoms with Crippen molar-refractivity contribution in [3.8, 4) is 6.07 Å². The summed E-state index contributed by atoms with van der Waals surface area (Å²) in [6.45, 7) is 0. The molecule has 0 unspecified atom stereocenters. The number of hydrogen-bond acceptors (Lipinski definition) is 5. The minimum atomic E-state index is -1.75. The van der Waals surface area contributed by atoms with Crippen molar-refractivity contribution in [2.75, 3.05) is 0 Å². The second-order valence-corrected chi connectivity index (χ2v) is 7.58. The summed E-state index contributed by atoms with van der Waals surface area (Å²) in [5.41, 5.74) is 1.85. The molecule has 4 N–H and O–H groups in total. The first kappa shape index (κ1) is 24.2.